The topological polar surface area (TPSA) is 84.0 Å². The minimum atomic E-state index is -5.60. The third-order valence-electron chi connectivity index (χ3n) is 5.09. The number of thiophene rings is 1. The van der Waals surface area contributed by atoms with Crippen molar-refractivity contribution in [2.75, 3.05) is 18.4 Å². The number of fused-ring (bicyclic) bond motifs is 1. The third-order valence-corrected chi connectivity index (χ3v) is 7.90. The van der Waals surface area contributed by atoms with Gasteiger partial charge in [0.05, 0.1) is 9.72 Å². The number of anilines is 1. The fourth-order valence-corrected chi connectivity index (χ4v) is 5.65. The van der Waals surface area contributed by atoms with Crippen molar-refractivity contribution >= 4 is 48.8 Å². The molecule has 1 aromatic carbocycles. The maximum atomic E-state index is 13.5. The average Bonchev–Trinajstić information content (AvgIpc) is 3.12. The lowest BCUT2D eigenvalue weighted by molar-refractivity contribution is -0.0443. The van der Waals surface area contributed by atoms with E-state index in [1.54, 1.807) is 6.07 Å². The fraction of sp³-hybridized carbons (Fsp3) is 0.368. The van der Waals surface area contributed by atoms with Gasteiger partial charge in [-0.3, -0.25) is 0 Å². The molecule has 0 bridgehead atoms. The van der Waals surface area contributed by atoms with Crippen molar-refractivity contribution in [3.63, 3.8) is 0 Å². The quantitative estimate of drug-likeness (QED) is 0.531. The van der Waals surface area contributed by atoms with E-state index >= 15 is 0 Å². The standard InChI is InChI=1S/C19H18ClF3N4O2S2/c20-14-10-13-16(25-15(26-17(13)30-14)11-6-8-24-9-7-11)27-18(12-4-2-1-3-5-12)31(28,29)19(21,22)23/h1-5,10-11,18,24H,6-9H2,(H,25,26,27). The second-order valence-electron chi connectivity index (χ2n) is 7.15. The number of hydrogen-bond donors (Lipinski definition) is 2. The number of nitrogens with zero attached hydrogens (tertiary/aromatic N) is 2. The average molecular weight is 491 g/mol. The van der Waals surface area contributed by atoms with Crippen LogP contribution in [0, 0.1) is 0 Å². The van der Waals surface area contributed by atoms with E-state index in [0.29, 0.717) is 20.4 Å². The molecule has 0 amide bonds. The molecule has 1 atom stereocenters. The Labute approximate surface area is 185 Å². The summed E-state index contributed by atoms with van der Waals surface area (Å²) in [5, 5.41) is 4.10. The number of benzene rings is 1. The number of halogens is 4. The zero-order valence-corrected chi connectivity index (χ0v) is 18.4. The van der Waals surface area contributed by atoms with Gasteiger partial charge < -0.3 is 10.6 Å². The smallest absolute Gasteiger partial charge is 0.349 e. The summed E-state index contributed by atoms with van der Waals surface area (Å²) >= 11 is 7.29. The molecule has 166 valence electrons. The van der Waals surface area contributed by atoms with E-state index < -0.39 is 20.7 Å². The van der Waals surface area contributed by atoms with E-state index in [0.717, 1.165) is 25.9 Å². The summed E-state index contributed by atoms with van der Waals surface area (Å²) in [6, 6.07) is 8.73. The zero-order chi connectivity index (χ0) is 22.2. The van der Waals surface area contributed by atoms with Gasteiger partial charge in [0.1, 0.15) is 16.5 Å². The van der Waals surface area contributed by atoms with Crippen LogP contribution in [0.5, 0.6) is 0 Å². The van der Waals surface area contributed by atoms with Crippen LogP contribution in [-0.4, -0.2) is 37.0 Å². The Bertz CT molecular complexity index is 1180. The normalized spacial score (nSPS) is 17.0. The molecular formula is C19H18ClF3N4O2S2. The second kappa shape index (κ2) is 8.53. The lowest BCUT2D eigenvalue weighted by Crippen LogP contribution is -2.33. The molecule has 0 aliphatic carbocycles. The molecule has 1 aliphatic rings. The van der Waals surface area contributed by atoms with Crippen LogP contribution in [0.25, 0.3) is 10.2 Å². The Morgan fingerprint density at radius 1 is 1.16 bits per heavy atom. The van der Waals surface area contributed by atoms with Crippen molar-refractivity contribution < 1.29 is 21.6 Å². The van der Waals surface area contributed by atoms with Gasteiger partial charge in [0.15, 0.2) is 5.37 Å². The maximum Gasteiger partial charge on any atom is 0.499 e. The molecule has 4 rings (SSSR count). The van der Waals surface area contributed by atoms with Crippen molar-refractivity contribution in [2.24, 2.45) is 0 Å². The Kier molecular flexibility index (Phi) is 6.12. The first-order chi connectivity index (χ1) is 14.7. The van der Waals surface area contributed by atoms with Crippen LogP contribution >= 0.6 is 22.9 Å². The van der Waals surface area contributed by atoms with Crippen LogP contribution < -0.4 is 10.6 Å². The van der Waals surface area contributed by atoms with Crippen molar-refractivity contribution in [2.45, 2.75) is 29.6 Å². The van der Waals surface area contributed by atoms with E-state index in [9.17, 15) is 21.6 Å². The number of rotatable bonds is 5. The summed E-state index contributed by atoms with van der Waals surface area (Å²) in [5.74, 6) is 0.496. The number of aromatic nitrogens is 2. The number of sulfone groups is 1. The number of piperidine rings is 1. The summed E-state index contributed by atoms with van der Waals surface area (Å²) in [6.07, 6.45) is 1.54. The van der Waals surface area contributed by atoms with E-state index in [2.05, 4.69) is 20.6 Å². The lowest BCUT2D eigenvalue weighted by Gasteiger charge is -2.24. The Hall–Kier alpha value is -1.95. The first kappa shape index (κ1) is 22.3. The van der Waals surface area contributed by atoms with Gasteiger partial charge >= 0.3 is 5.51 Å². The molecule has 0 radical (unpaired) electrons. The van der Waals surface area contributed by atoms with Crippen LogP contribution in [0.2, 0.25) is 4.34 Å². The van der Waals surface area contributed by atoms with Crippen molar-refractivity contribution in [3.05, 3.63) is 52.1 Å². The van der Waals surface area contributed by atoms with Crippen LogP contribution in [0.15, 0.2) is 36.4 Å². The molecule has 6 nitrogen and oxygen atoms in total. The second-order valence-corrected chi connectivity index (χ2v) is 10.8. The van der Waals surface area contributed by atoms with Gasteiger partial charge in [0.25, 0.3) is 9.84 Å². The Morgan fingerprint density at radius 2 is 1.84 bits per heavy atom. The van der Waals surface area contributed by atoms with Crippen molar-refractivity contribution in [1.82, 2.24) is 15.3 Å². The first-order valence-electron chi connectivity index (χ1n) is 9.46. The molecule has 0 saturated carbocycles. The lowest BCUT2D eigenvalue weighted by atomic mass is 9.97. The minimum absolute atomic E-state index is 0.0153. The molecule has 1 saturated heterocycles. The fourth-order valence-electron chi connectivity index (χ4n) is 3.51. The molecule has 1 unspecified atom stereocenters. The van der Waals surface area contributed by atoms with Crippen molar-refractivity contribution in [3.8, 4) is 0 Å². The predicted octanol–water partition coefficient (Wildman–Crippen LogP) is 4.86. The molecule has 3 heterocycles. The summed E-state index contributed by atoms with van der Waals surface area (Å²) < 4.78 is 65.6. The maximum absolute atomic E-state index is 13.5. The zero-order valence-electron chi connectivity index (χ0n) is 16.0. The highest BCUT2D eigenvalue weighted by Gasteiger charge is 2.51. The molecule has 2 N–H and O–H groups in total. The van der Waals surface area contributed by atoms with Crippen LogP contribution in [-0.2, 0) is 9.84 Å². The largest absolute Gasteiger partial charge is 0.499 e. The molecule has 3 aromatic rings. The van der Waals surface area contributed by atoms with E-state index in [4.69, 9.17) is 11.6 Å². The van der Waals surface area contributed by atoms with Gasteiger partial charge in [-0.25, -0.2) is 18.4 Å². The van der Waals surface area contributed by atoms with Crippen molar-refractivity contribution in [1.29, 1.82) is 0 Å². The monoisotopic (exact) mass is 490 g/mol. The SMILES string of the molecule is O=S(=O)(C(Nc1nc(C2CCNCC2)nc2sc(Cl)cc12)c1ccccc1)C(F)(F)F. The summed E-state index contributed by atoms with van der Waals surface area (Å²) in [6.45, 7) is 1.55. The van der Waals surface area contributed by atoms with Gasteiger partial charge in [-0.1, -0.05) is 41.9 Å². The minimum Gasteiger partial charge on any atom is -0.349 e. The number of alkyl halides is 3. The predicted molar refractivity (Wildman–Crippen MR) is 115 cm³/mol. The molecular weight excluding hydrogens is 473 g/mol. The van der Waals surface area contributed by atoms with Crippen LogP contribution in [0.4, 0.5) is 19.0 Å². The first-order valence-corrected chi connectivity index (χ1v) is 12.2. The van der Waals surface area contributed by atoms with Gasteiger partial charge in [-0.2, -0.15) is 13.2 Å². The van der Waals surface area contributed by atoms with Gasteiger partial charge in [-0.15, -0.1) is 11.3 Å². The summed E-state index contributed by atoms with van der Waals surface area (Å²) in [4.78, 5) is 9.51. The Morgan fingerprint density at radius 3 is 2.48 bits per heavy atom. The molecule has 31 heavy (non-hydrogen) atoms. The van der Waals surface area contributed by atoms with Gasteiger partial charge in [0.2, 0.25) is 0 Å². The van der Waals surface area contributed by atoms with Crippen LogP contribution in [0.3, 0.4) is 0 Å². The van der Waals surface area contributed by atoms with Gasteiger partial charge in [0, 0.05) is 5.92 Å². The van der Waals surface area contributed by atoms with E-state index in [1.807, 2.05) is 0 Å². The highest BCUT2D eigenvalue weighted by atomic mass is 35.5. The highest BCUT2D eigenvalue weighted by molar-refractivity contribution is 7.92. The molecule has 1 aliphatic heterocycles. The summed E-state index contributed by atoms with van der Waals surface area (Å²) in [5.41, 5.74) is -5.49. The van der Waals surface area contributed by atoms with Crippen LogP contribution in [0.1, 0.15) is 35.5 Å². The van der Waals surface area contributed by atoms with Gasteiger partial charge in [-0.05, 0) is 37.6 Å². The number of hydrogen-bond acceptors (Lipinski definition) is 7. The van der Waals surface area contributed by atoms with E-state index in [1.165, 1.54) is 41.7 Å². The third kappa shape index (κ3) is 4.50. The molecule has 12 heteroatoms. The summed E-state index contributed by atoms with van der Waals surface area (Å²) in [7, 11) is -5.60. The highest BCUT2D eigenvalue weighted by Crippen LogP contribution is 2.39. The molecule has 1 fully saturated rings. The Balaban J connectivity index is 1.83. The number of nitrogens with one attached hydrogen (secondary N) is 2. The van der Waals surface area contributed by atoms with E-state index in [-0.39, 0.29) is 17.3 Å². The molecule has 0 spiro atoms. The molecule has 2 aromatic heterocycles.